The molecule has 0 N–H and O–H groups in total. The molecule has 61 heavy (non-hydrogen) atoms. The monoisotopic (exact) mass is 849 g/mol. The Hall–Kier alpha value is -3.41. The van der Waals surface area contributed by atoms with E-state index in [1.807, 2.05) is 36.5 Å². The normalized spacial score (nSPS) is 12.8. The van der Waals surface area contributed by atoms with Crippen LogP contribution in [0, 0.1) is 0 Å². The van der Waals surface area contributed by atoms with Crippen LogP contribution in [0.25, 0.3) is 0 Å². The maximum atomic E-state index is 12.7. The molecule has 0 aliphatic heterocycles. The van der Waals surface area contributed by atoms with Crippen LogP contribution in [0.1, 0.15) is 226 Å². The number of ether oxygens (including phenoxy) is 3. The number of carbonyl (C=O) groups excluding carboxylic acids is 3. The quantitative estimate of drug-likeness (QED) is 0.0200. The highest BCUT2D eigenvalue weighted by atomic mass is 16.6. The molecule has 0 aromatic rings. The molecular weight excluding hydrogens is 757 g/mol. The van der Waals surface area contributed by atoms with Crippen molar-refractivity contribution in [3.8, 4) is 0 Å². The van der Waals surface area contributed by atoms with Crippen LogP contribution in [-0.2, 0) is 28.6 Å². The second-order valence-electron chi connectivity index (χ2n) is 16.5. The van der Waals surface area contributed by atoms with E-state index in [2.05, 4.69) is 69.4 Å². The molecule has 6 nitrogen and oxygen atoms in total. The second kappa shape index (κ2) is 49.2. The zero-order chi connectivity index (χ0) is 44.4. The summed E-state index contributed by atoms with van der Waals surface area (Å²) in [6.45, 7) is 6.38. The summed E-state index contributed by atoms with van der Waals surface area (Å²) in [6.07, 6.45) is 62.8. The number of carbonyl (C=O) groups is 3. The van der Waals surface area contributed by atoms with Gasteiger partial charge in [0.05, 0.1) is 0 Å². The van der Waals surface area contributed by atoms with Crippen LogP contribution >= 0.6 is 0 Å². The first-order valence-electron chi connectivity index (χ1n) is 25.2. The molecule has 1 atom stereocenters. The number of esters is 3. The van der Waals surface area contributed by atoms with Crippen molar-refractivity contribution in [2.45, 2.75) is 232 Å². The van der Waals surface area contributed by atoms with E-state index < -0.39 is 6.10 Å². The van der Waals surface area contributed by atoms with E-state index in [4.69, 9.17) is 14.2 Å². The Balaban J connectivity index is 4.39. The van der Waals surface area contributed by atoms with Crippen LogP contribution in [-0.4, -0.2) is 37.2 Å². The highest BCUT2D eigenvalue weighted by Gasteiger charge is 2.19. The molecule has 0 aromatic carbocycles. The zero-order valence-corrected chi connectivity index (χ0v) is 39.7. The van der Waals surface area contributed by atoms with Gasteiger partial charge in [-0.25, -0.2) is 0 Å². The lowest BCUT2D eigenvalue weighted by Crippen LogP contribution is -2.30. The minimum Gasteiger partial charge on any atom is -0.462 e. The Kier molecular flexibility index (Phi) is 46.5. The van der Waals surface area contributed by atoms with Crippen molar-refractivity contribution >= 4 is 17.9 Å². The van der Waals surface area contributed by atoms with Gasteiger partial charge in [-0.15, -0.1) is 0 Å². The first kappa shape index (κ1) is 57.6. The lowest BCUT2D eigenvalue weighted by Gasteiger charge is -2.18. The lowest BCUT2D eigenvalue weighted by atomic mass is 10.1. The summed E-state index contributed by atoms with van der Waals surface area (Å²) < 4.78 is 16.7. The molecule has 0 aromatic heterocycles. The smallest absolute Gasteiger partial charge is 0.306 e. The molecule has 0 fully saturated rings. The first-order valence-corrected chi connectivity index (χ1v) is 25.2. The van der Waals surface area contributed by atoms with Crippen LogP contribution in [0.2, 0.25) is 0 Å². The maximum Gasteiger partial charge on any atom is 0.306 e. The van der Waals surface area contributed by atoms with Crippen LogP contribution in [0.5, 0.6) is 0 Å². The molecule has 0 saturated heterocycles. The third-order valence-electron chi connectivity index (χ3n) is 10.5. The summed E-state index contributed by atoms with van der Waals surface area (Å²) in [5.41, 5.74) is 0. The average Bonchev–Trinajstić information content (AvgIpc) is 3.26. The van der Waals surface area contributed by atoms with Gasteiger partial charge in [-0.05, 0) is 83.5 Å². The standard InChI is InChI=1S/C55H92O6/c1-4-7-10-13-16-19-22-24-25-26-27-28-29-31-33-36-39-42-45-48-54(57)60-51-52(50-59-53(56)47-44-41-38-35-32-21-18-15-12-9-6-3)61-55(58)49-46-43-40-37-34-30-23-20-17-14-11-8-5-2/h8,11,14-20,22-24,30,34,52H,4-7,9-10,12-13,21,25-29,31-33,35-51H2,1-3H3/b11-8-,17-14-,18-15-,19-16-,23-20-,24-22-,34-30-. The zero-order valence-electron chi connectivity index (χ0n) is 39.7. The van der Waals surface area contributed by atoms with Gasteiger partial charge < -0.3 is 14.2 Å². The average molecular weight is 849 g/mol. The van der Waals surface area contributed by atoms with Crippen molar-refractivity contribution in [1.29, 1.82) is 0 Å². The predicted molar refractivity (Wildman–Crippen MR) is 261 cm³/mol. The van der Waals surface area contributed by atoms with E-state index in [0.717, 1.165) is 77.0 Å². The van der Waals surface area contributed by atoms with Crippen LogP contribution in [0.4, 0.5) is 0 Å². The lowest BCUT2D eigenvalue weighted by molar-refractivity contribution is -0.167. The van der Waals surface area contributed by atoms with E-state index in [9.17, 15) is 14.4 Å². The Morgan fingerprint density at radius 2 is 0.672 bits per heavy atom. The van der Waals surface area contributed by atoms with Gasteiger partial charge in [-0.2, -0.15) is 0 Å². The number of allylic oxidation sites excluding steroid dienone is 14. The Bertz CT molecular complexity index is 1200. The highest BCUT2D eigenvalue weighted by Crippen LogP contribution is 2.14. The summed E-state index contributed by atoms with van der Waals surface area (Å²) in [7, 11) is 0. The Morgan fingerprint density at radius 3 is 1.13 bits per heavy atom. The number of rotatable bonds is 44. The van der Waals surface area contributed by atoms with Crippen LogP contribution < -0.4 is 0 Å². The van der Waals surface area contributed by atoms with Crippen molar-refractivity contribution in [3.63, 3.8) is 0 Å². The fourth-order valence-corrected chi connectivity index (χ4v) is 6.66. The van der Waals surface area contributed by atoms with Gasteiger partial charge in [-0.1, -0.05) is 209 Å². The van der Waals surface area contributed by atoms with Gasteiger partial charge in [0, 0.05) is 19.3 Å². The van der Waals surface area contributed by atoms with Crippen LogP contribution in [0.3, 0.4) is 0 Å². The van der Waals surface area contributed by atoms with Crippen molar-refractivity contribution < 1.29 is 28.6 Å². The summed E-state index contributed by atoms with van der Waals surface area (Å²) in [6, 6.07) is 0. The molecule has 0 saturated carbocycles. The molecule has 0 aliphatic rings. The van der Waals surface area contributed by atoms with Gasteiger partial charge in [0.1, 0.15) is 13.2 Å². The van der Waals surface area contributed by atoms with Gasteiger partial charge in [0.15, 0.2) is 6.10 Å². The number of hydrogen-bond donors (Lipinski definition) is 0. The fourth-order valence-electron chi connectivity index (χ4n) is 6.66. The summed E-state index contributed by atoms with van der Waals surface area (Å²) in [5.74, 6) is -0.954. The molecule has 0 aliphatic carbocycles. The van der Waals surface area contributed by atoms with Crippen LogP contribution in [0.15, 0.2) is 85.1 Å². The Morgan fingerprint density at radius 1 is 0.344 bits per heavy atom. The summed E-state index contributed by atoms with van der Waals surface area (Å²) in [5, 5.41) is 0. The molecule has 348 valence electrons. The molecule has 0 bridgehead atoms. The summed E-state index contributed by atoms with van der Waals surface area (Å²) >= 11 is 0. The number of unbranched alkanes of at least 4 members (excludes halogenated alkanes) is 23. The summed E-state index contributed by atoms with van der Waals surface area (Å²) in [4.78, 5) is 37.9. The maximum absolute atomic E-state index is 12.7. The molecule has 0 spiro atoms. The first-order chi connectivity index (χ1) is 30.0. The molecule has 0 heterocycles. The largest absolute Gasteiger partial charge is 0.462 e. The van der Waals surface area contributed by atoms with E-state index in [1.165, 1.54) is 103 Å². The van der Waals surface area contributed by atoms with Gasteiger partial charge in [0.2, 0.25) is 0 Å². The van der Waals surface area contributed by atoms with E-state index in [-0.39, 0.29) is 37.5 Å². The van der Waals surface area contributed by atoms with E-state index in [1.54, 1.807) is 0 Å². The van der Waals surface area contributed by atoms with Crippen molar-refractivity contribution in [3.05, 3.63) is 85.1 Å². The molecule has 6 heteroatoms. The molecule has 0 amide bonds. The Labute approximate surface area is 375 Å². The van der Waals surface area contributed by atoms with Crippen molar-refractivity contribution in [2.75, 3.05) is 13.2 Å². The van der Waals surface area contributed by atoms with Crippen molar-refractivity contribution in [2.24, 2.45) is 0 Å². The highest BCUT2D eigenvalue weighted by molar-refractivity contribution is 5.71. The second-order valence-corrected chi connectivity index (χ2v) is 16.5. The van der Waals surface area contributed by atoms with Gasteiger partial charge >= 0.3 is 17.9 Å². The molecular formula is C55H92O6. The SMILES string of the molecule is CC\C=C/C=C\C=C/C=C\CCCCCC(=O)OC(COC(=O)CCCCCCC/C=C\CCCC)COC(=O)CCCCCCCCCCCC/C=C\C=C/CCCCC. The minimum absolute atomic E-state index is 0.0976. The van der Waals surface area contributed by atoms with E-state index >= 15 is 0 Å². The molecule has 0 radical (unpaired) electrons. The van der Waals surface area contributed by atoms with Crippen molar-refractivity contribution in [1.82, 2.24) is 0 Å². The molecule has 0 rings (SSSR count). The topological polar surface area (TPSA) is 78.9 Å². The van der Waals surface area contributed by atoms with E-state index in [0.29, 0.717) is 19.3 Å². The fraction of sp³-hybridized carbons (Fsp3) is 0.691. The third kappa shape index (κ3) is 47.5. The predicted octanol–water partition coefficient (Wildman–Crippen LogP) is 16.4. The minimum atomic E-state index is -0.800. The van der Waals surface area contributed by atoms with Gasteiger partial charge in [-0.3, -0.25) is 14.4 Å². The third-order valence-corrected chi connectivity index (χ3v) is 10.5. The number of hydrogen-bond acceptors (Lipinski definition) is 6. The van der Waals surface area contributed by atoms with Gasteiger partial charge in [0.25, 0.3) is 0 Å². The molecule has 1 unspecified atom stereocenters.